The van der Waals surface area contributed by atoms with Crippen LogP contribution in [0.5, 0.6) is 0 Å². The van der Waals surface area contributed by atoms with Crippen LogP contribution in [0.3, 0.4) is 0 Å². The Labute approximate surface area is 160 Å². The van der Waals surface area contributed by atoms with E-state index in [4.69, 9.17) is 4.74 Å². The average molecular weight is 359 g/mol. The number of para-hydroxylation sites is 1. The van der Waals surface area contributed by atoms with Crippen molar-refractivity contribution in [3.05, 3.63) is 30.3 Å². The first-order chi connectivity index (χ1) is 12.6. The molecule has 0 bridgehead atoms. The Morgan fingerprint density at radius 2 is 1.58 bits per heavy atom. The quantitative estimate of drug-likeness (QED) is 0.819. The van der Waals surface area contributed by atoms with Gasteiger partial charge in [-0.15, -0.1) is 0 Å². The predicted octanol–water partition coefficient (Wildman–Crippen LogP) is 5.01. The van der Waals surface area contributed by atoms with E-state index in [9.17, 15) is 0 Å². The Kier molecular flexibility index (Phi) is 6.63. The SMILES string of the molecule is CNCCC(C)C.c1ccc(N2CC3(CCCCC3)OC3(CC3)C2)cc1. The lowest BCUT2D eigenvalue weighted by Gasteiger charge is -2.49. The molecule has 26 heavy (non-hydrogen) atoms. The van der Waals surface area contributed by atoms with Gasteiger partial charge in [-0.2, -0.15) is 0 Å². The summed E-state index contributed by atoms with van der Waals surface area (Å²) in [5.74, 6) is 0.840. The van der Waals surface area contributed by atoms with E-state index < -0.39 is 0 Å². The lowest BCUT2D eigenvalue weighted by atomic mass is 9.82. The maximum atomic E-state index is 6.62. The van der Waals surface area contributed by atoms with Crippen LogP contribution in [-0.2, 0) is 4.74 Å². The third-order valence-electron chi connectivity index (χ3n) is 6.06. The van der Waals surface area contributed by atoms with E-state index in [-0.39, 0.29) is 11.2 Å². The van der Waals surface area contributed by atoms with Gasteiger partial charge < -0.3 is 15.0 Å². The van der Waals surface area contributed by atoms with Gasteiger partial charge >= 0.3 is 0 Å². The summed E-state index contributed by atoms with van der Waals surface area (Å²) in [5.41, 5.74) is 1.73. The summed E-state index contributed by atoms with van der Waals surface area (Å²) in [4.78, 5) is 2.59. The summed E-state index contributed by atoms with van der Waals surface area (Å²) in [5, 5.41) is 3.10. The molecule has 2 saturated carbocycles. The molecule has 0 radical (unpaired) electrons. The van der Waals surface area contributed by atoms with Gasteiger partial charge in [0.05, 0.1) is 11.2 Å². The van der Waals surface area contributed by atoms with Crippen LogP contribution in [0.2, 0.25) is 0 Å². The molecule has 4 rings (SSSR count). The molecule has 1 heterocycles. The van der Waals surface area contributed by atoms with Gasteiger partial charge in [0.25, 0.3) is 0 Å². The largest absolute Gasteiger partial charge is 0.366 e. The maximum absolute atomic E-state index is 6.62. The number of hydrogen-bond acceptors (Lipinski definition) is 3. The minimum Gasteiger partial charge on any atom is -0.366 e. The minimum absolute atomic E-state index is 0.156. The topological polar surface area (TPSA) is 24.5 Å². The van der Waals surface area contributed by atoms with Gasteiger partial charge in [0.1, 0.15) is 0 Å². The standard InChI is InChI=1S/C17H23NO.C6H15N/c1-3-7-15(8-4-1)18-13-16(9-5-2-6-10-16)19-17(14-18)11-12-17;1-6(2)4-5-7-3/h1,3-4,7-8H,2,5-6,9-14H2;6-7H,4-5H2,1-3H3. The van der Waals surface area contributed by atoms with Crippen molar-refractivity contribution in [1.29, 1.82) is 0 Å². The van der Waals surface area contributed by atoms with Crippen LogP contribution in [0, 0.1) is 5.92 Å². The van der Waals surface area contributed by atoms with Crippen LogP contribution in [0.4, 0.5) is 5.69 Å². The highest BCUT2D eigenvalue weighted by atomic mass is 16.5. The first-order valence-electron chi connectivity index (χ1n) is 10.7. The van der Waals surface area contributed by atoms with E-state index in [0.29, 0.717) is 0 Å². The molecule has 1 aromatic rings. The summed E-state index contributed by atoms with van der Waals surface area (Å²) < 4.78 is 6.62. The zero-order valence-corrected chi connectivity index (χ0v) is 17.1. The summed E-state index contributed by atoms with van der Waals surface area (Å²) in [6.07, 6.45) is 10.4. The lowest BCUT2D eigenvalue weighted by molar-refractivity contribution is -0.137. The smallest absolute Gasteiger partial charge is 0.0867 e. The third-order valence-corrected chi connectivity index (χ3v) is 6.06. The van der Waals surface area contributed by atoms with Gasteiger partial charge in [0.15, 0.2) is 0 Å². The number of rotatable bonds is 4. The highest BCUT2D eigenvalue weighted by molar-refractivity contribution is 5.48. The molecule has 0 amide bonds. The molecular formula is C23H38N2O. The highest BCUT2D eigenvalue weighted by Gasteiger charge is 2.55. The molecule has 0 unspecified atom stereocenters. The Hall–Kier alpha value is -1.06. The fraction of sp³-hybridized carbons (Fsp3) is 0.739. The lowest BCUT2D eigenvalue weighted by Crippen LogP contribution is -2.57. The van der Waals surface area contributed by atoms with E-state index in [1.807, 2.05) is 7.05 Å². The highest BCUT2D eigenvalue weighted by Crippen LogP contribution is 2.50. The Balaban J connectivity index is 0.000000242. The van der Waals surface area contributed by atoms with Crippen molar-refractivity contribution in [3.8, 4) is 0 Å². The van der Waals surface area contributed by atoms with Crippen LogP contribution in [0.15, 0.2) is 30.3 Å². The molecule has 0 aromatic heterocycles. The van der Waals surface area contributed by atoms with Crippen LogP contribution in [0.25, 0.3) is 0 Å². The van der Waals surface area contributed by atoms with E-state index in [0.717, 1.165) is 25.6 Å². The Morgan fingerprint density at radius 3 is 2.08 bits per heavy atom. The van der Waals surface area contributed by atoms with Gasteiger partial charge in [-0.25, -0.2) is 0 Å². The fourth-order valence-corrected chi connectivity index (χ4v) is 4.39. The van der Waals surface area contributed by atoms with Crippen LogP contribution >= 0.6 is 0 Å². The second kappa shape index (κ2) is 8.75. The second-order valence-corrected chi connectivity index (χ2v) is 9.01. The van der Waals surface area contributed by atoms with Gasteiger partial charge in [-0.05, 0) is 63.7 Å². The minimum atomic E-state index is 0.156. The van der Waals surface area contributed by atoms with Crippen molar-refractivity contribution >= 4 is 5.69 Å². The zero-order valence-electron chi connectivity index (χ0n) is 17.1. The fourth-order valence-electron chi connectivity index (χ4n) is 4.39. The van der Waals surface area contributed by atoms with E-state index in [1.54, 1.807) is 0 Å². The summed E-state index contributed by atoms with van der Waals surface area (Å²) in [6, 6.07) is 10.9. The maximum Gasteiger partial charge on any atom is 0.0867 e. The van der Waals surface area contributed by atoms with Gasteiger partial charge in [0.2, 0.25) is 0 Å². The average Bonchev–Trinajstić information content (AvgIpc) is 3.39. The van der Waals surface area contributed by atoms with E-state index in [1.165, 1.54) is 57.1 Å². The molecule has 3 aliphatic rings. The normalized spacial score (nSPS) is 23.0. The number of morpholine rings is 1. The molecule has 1 N–H and O–H groups in total. The van der Waals surface area contributed by atoms with Crippen LogP contribution in [-0.4, -0.2) is 37.9 Å². The van der Waals surface area contributed by atoms with Crippen molar-refractivity contribution < 1.29 is 4.74 Å². The molecule has 146 valence electrons. The number of hydrogen-bond donors (Lipinski definition) is 1. The van der Waals surface area contributed by atoms with Gasteiger partial charge in [0, 0.05) is 18.8 Å². The third kappa shape index (κ3) is 5.23. The number of benzene rings is 1. The number of nitrogens with zero attached hydrogens (tertiary/aromatic N) is 1. The summed E-state index contributed by atoms with van der Waals surface area (Å²) in [7, 11) is 1.99. The van der Waals surface area contributed by atoms with Crippen LogP contribution < -0.4 is 10.2 Å². The molecule has 1 saturated heterocycles. The Bertz CT molecular complexity index is 532. The first-order valence-corrected chi connectivity index (χ1v) is 10.7. The molecule has 3 heteroatoms. The molecule has 3 nitrogen and oxygen atoms in total. The van der Waals surface area contributed by atoms with Crippen molar-refractivity contribution in [2.75, 3.05) is 31.6 Å². The van der Waals surface area contributed by atoms with Gasteiger partial charge in [-0.1, -0.05) is 51.3 Å². The predicted molar refractivity (Wildman–Crippen MR) is 111 cm³/mol. The number of nitrogens with one attached hydrogen (secondary N) is 1. The second-order valence-electron chi connectivity index (χ2n) is 9.01. The molecule has 0 atom stereocenters. The summed E-state index contributed by atoms with van der Waals surface area (Å²) in [6.45, 7) is 7.81. The number of anilines is 1. The molecule has 1 aromatic carbocycles. The van der Waals surface area contributed by atoms with Crippen LogP contribution in [0.1, 0.15) is 65.2 Å². The van der Waals surface area contributed by atoms with Crippen molar-refractivity contribution in [1.82, 2.24) is 5.32 Å². The molecular weight excluding hydrogens is 320 g/mol. The van der Waals surface area contributed by atoms with E-state index >= 15 is 0 Å². The van der Waals surface area contributed by atoms with Crippen molar-refractivity contribution in [2.24, 2.45) is 5.92 Å². The Morgan fingerprint density at radius 1 is 0.962 bits per heavy atom. The van der Waals surface area contributed by atoms with Crippen molar-refractivity contribution in [3.63, 3.8) is 0 Å². The van der Waals surface area contributed by atoms with Gasteiger partial charge in [-0.3, -0.25) is 0 Å². The molecule has 3 fully saturated rings. The first kappa shape index (κ1) is 19.7. The molecule has 2 spiro atoms. The summed E-state index contributed by atoms with van der Waals surface area (Å²) >= 11 is 0. The monoisotopic (exact) mass is 358 g/mol. The molecule has 1 aliphatic heterocycles. The zero-order chi connectivity index (χ0) is 18.5. The number of ether oxygens (including phenoxy) is 1. The van der Waals surface area contributed by atoms with E-state index in [2.05, 4.69) is 54.4 Å². The molecule has 2 aliphatic carbocycles. The van der Waals surface area contributed by atoms with Crippen molar-refractivity contribution in [2.45, 2.75) is 76.4 Å².